The van der Waals surface area contributed by atoms with E-state index in [0.717, 1.165) is 0 Å². The quantitative estimate of drug-likeness (QED) is 0.881. The molecule has 0 aliphatic rings. The summed E-state index contributed by atoms with van der Waals surface area (Å²) in [6, 6.07) is 1.88. The second-order valence-corrected chi connectivity index (χ2v) is 4.26. The minimum absolute atomic E-state index is 0.0439. The summed E-state index contributed by atoms with van der Waals surface area (Å²) in [7, 11) is 0. The van der Waals surface area contributed by atoms with Crippen LogP contribution in [0.3, 0.4) is 0 Å². The van der Waals surface area contributed by atoms with E-state index < -0.39 is 28.7 Å². The maximum absolute atomic E-state index is 13.7. The van der Waals surface area contributed by atoms with Gasteiger partial charge in [-0.25, -0.2) is 18.6 Å². The van der Waals surface area contributed by atoms with Crippen molar-refractivity contribution in [3.05, 3.63) is 50.9 Å². The van der Waals surface area contributed by atoms with Gasteiger partial charge in [-0.15, -0.1) is 0 Å². The van der Waals surface area contributed by atoms with E-state index in [2.05, 4.69) is 9.97 Å². The van der Waals surface area contributed by atoms with Gasteiger partial charge < -0.3 is 10.1 Å². The van der Waals surface area contributed by atoms with E-state index >= 15 is 0 Å². The molecule has 104 valence electrons. The molecule has 2 aromatic rings. The molecular weight excluding hydrogens is 270 g/mol. The Kier molecular flexibility index (Phi) is 3.35. The lowest BCUT2D eigenvalue weighted by Gasteiger charge is -2.07. The van der Waals surface area contributed by atoms with Crippen LogP contribution in [0.4, 0.5) is 8.78 Å². The Morgan fingerprint density at radius 3 is 2.45 bits per heavy atom. The summed E-state index contributed by atoms with van der Waals surface area (Å²) in [4.78, 5) is 28.6. The van der Waals surface area contributed by atoms with Gasteiger partial charge in [-0.05, 0) is 25.5 Å². The number of hydrogen-bond acceptors (Lipinski definition) is 3. The van der Waals surface area contributed by atoms with Gasteiger partial charge in [0, 0.05) is 6.07 Å². The number of aromatic carboxylic acids is 1. The van der Waals surface area contributed by atoms with Crippen LogP contribution in [0, 0.1) is 25.5 Å². The molecule has 0 spiro atoms. The fourth-order valence-corrected chi connectivity index (χ4v) is 1.80. The molecular formula is C13H10F2N2O3. The normalized spacial score (nSPS) is 10.6. The lowest BCUT2D eigenvalue weighted by atomic mass is 10.1. The van der Waals surface area contributed by atoms with Crippen LogP contribution in [0.15, 0.2) is 16.9 Å². The molecule has 2 rings (SSSR count). The van der Waals surface area contributed by atoms with E-state index in [-0.39, 0.29) is 22.6 Å². The first-order valence-electron chi connectivity index (χ1n) is 5.61. The molecule has 0 saturated heterocycles. The minimum atomic E-state index is -1.42. The number of aryl methyl sites for hydroxylation is 2. The average molecular weight is 280 g/mol. The molecule has 2 N–H and O–H groups in total. The first-order valence-corrected chi connectivity index (χ1v) is 5.61. The Bertz CT molecular complexity index is 769. The summed E-state index contributed by atoms with van der Waals surface area (Å²) < 4.78 is 26.9. The predicted molar refractivity (Wildman–Crippen MR) is 66.6 cm³/mol. The fraction of sp³-hybridized carbons (Fsp3) is 0.154. The summed E-state index contributed by atoms with van der Waals surface area (Å²) >= 11 is 0. The number of carbonyl (C=O) groups is 1. The molecule has 7 heteroatoms. The monoisotopic (exact) mass is 280 g/mol. The van der Waals surface area contributed by atoms with E-state index in [9.17, 15) is 18.4 Å². The van der Waals surface area contributed by atoms with Crippen LogP contribution in [-0.4, -0.2) is 21.0 Å². The highest BCUT2D eigenvalue weighted by Gasteiger charge is 2.18. The third-order valence-electron chi connectivity index (χ3n) is 2.82. The number of carboxylic acid groups (broad SMARTS) is 1. The zero-order valence-electron chi connectivity index (χ0n) is 10.6. The summed E-state index contributed by atoms with van der Waals surface area (Å²) in [5.41, 5.74) is -1.35. The zero-order valence-corrected chi connectivity index (χ0v) is 10.6. The smallest absolute Gasteiger partial charge is 0.343 e. The van der Waals surface area contributed by atoms with Gasteiger partial charge in [-0.2, -0.15) is 0 Å². The zero-order chi connectivity index (χ0) is 15.0. The Morgan fingerprint density at radius 1 is 1.25 bits per heavy atom. The van der Waals surface area contributed by atoms with Crippen LogP contribution in [0.25, 0.3) is 11.4 Å². The molecule has 1 aromatic carbocycles. The van der Waals surface area contributed by atoms with Crippen molar-refractivity contribution in [2.24, 2.45) is 0 Å². The topological polar surface area (TPSA) is 83.0 Å². The van der Waals surface area contributed by atoms with Gasteiger partial charge >= 0.3 is 5.97 Å². The molecule has 1 heterocycles. The first-order chi connectivity index (χ1) is 9.31. The third-order valence-corrected chi connectivity index (χ3v) is 2.82. The van der Waals surface area contributed by atoms with E-state index in [1.165, 1.54) is 19.9 Å². The van der Waals surface area contributed by atoms with Crippen molar-refractivity contribution in [1.29, 1.82) is 0 Å². The van der Waals surface area contributed by atoms with E-state index in [4.69, 9.17) is 5.11 Å². The number of benzene rings is 1. The van der Waals surface area contributed by atoms with Crippen LogP contribution >= 0.6 is 0 Å². The summed E-state index contributed by atoms with van der Waals surface area (Å²) in [5.74, 6) is -3.16. The van der Waals surface area contributed by atoms with Crippen molar-refractivity contribution >= 4 is 5.97 Å². The number of nitrogens with zero attached hydrogens (tertiary/aromatic N) is 1. The van der Waals surface area contributed by atoms with E-state index in [0.29, 0.717) is 6.07 Å². The average Bonchev–Trinajstić information content (AvgIpc) is 2.32. The Balaban J connectivity index is 2.69. The largest absolute Gasteiger partial charge is 0.477 e. The van der Waals surface area contributed by atoms with Crippen molar-refractivity contribution < 1.29 is 18.7 Å². The maximum Gasteiger partial charge on any atom is 0.343 e. The van der Waals surface area contributed by atoms with Crippen molar-refractivity contribution in [3.8, 4) is 11.4 Å². The van der Waals surface area contributed by atoms with Gasteiger partial charge in [0.05, 0.1) is 11.3 Å². The number of halogens is 2. The SMILES string of the molecule is Cc1cc(-c2nc(C)c(C(=O)O)c(=O)[nH]2)c(F)cc1F. The maximum atomic E-state index is 13.7. The molecule has 0 aliphatic heterocycles. The predicted octanol–water partition coefficient (Wildman–Crippen LogP) is 2.03. The molecule has 0 unspecified atom stereocenters. The number of aromatic nitrogens is 2. The summed E-state index contributed by atoms with van der Waals surface area (Å²) in [6.45, 7) is 2.77. The molecule has 1 aromatic heterocycles. The number of nitrogens with one attached hydrogen (secondary N) is 1. The van der Waals surface area contributed by atoms with Crippen molar-refractivity contribution in [2.45, 2.75) is 13.8 Å². The Hall–Kier alpha value is -2.57. The second kappa shape index (κ2) is 4.84. The number of rotatable bonds is 2. The Labute approximate surface area is 111 Å². The standard InChI is InChI=1S/C13H10F2N2O3/c1-5-3-7(9(15)4-8(5)14)11-16-6(2)10(13(19)20)12(18)17-11/h3-4H,1-2H3,(H,19,20)(H,16,17,18). The van der Waals surface area contributed by atoms with Crippen LogP contribution in [0.5, 0.6) is 0 Å². The molecule has 0 saturated carbocycles. The molecule has 0 atom stereocenters. The van der Waals surface area contributed by atoms with Crippen molar-refractivity contribution in [1.82, 2.24) is 9.97 Å². The third kappa shape index (κ3) is 2.29. The second-order valence-electron chi connectivity index (χ2n) is 4.26. The van der Waals surface area contributed by atoms with Crippen molar-refractivity contribution in [3.63, 3.8) is 0 Å². The molecule has 0 radical (unpaired) electrons. The van der Waals surface area contributed by atoms with Crippen LogP contribution in [-0.2, 0) is 0 Å². The highest BCUT2D eigenvalue weighted by Crippen LogP contribution is 2.22. The highest BCUT2D eigenvalue weighted by atomic mass is 19.1. The van der Waals surface area contributed by atoms with Gasteiger partial charge in [0.2, 0.25) is 0 Å². The van der Waals surface area contributed by atoms with Gasteiger partial charge in [0.15, 0.2) is 0 Å². The first kappa shape index (κ1) is 13.9. The number of H-pyrrole nitrogens is 1. The summed E-state index contributed by atoms with van der Waals surface area (Å²) in [6.07, 6.45) is 0. The van der Waals surface area contributed by atoms with Crippen LogP contribution in [0.1, 0.15) is 21.6 Å². The molecule has 0 bridgehead atoms. The van der Waals surface area contributed by atoms with Crippen molar-refractivity contribution in [2.75, 3.05) is 0 Å². The van der Waals surface area contributed by atoms with Crippen LogP contribution < -0.4 is 5.56 Å². The Morgan fingerprint density at radius 2 is 1.90 bits per heavy atom. The molecule has 0 amide bonds. The molecule has 20 heavy (non-hydrogen) atoms. The number of carboxylic acids is 1. The number of aromatic amines is 1. The fourth-order valence-electron chi connectivity index (χ4n) is 1.80. The van der Waals surface area contributed by atoms with E-state index in [1.54, 1.807) is 0 Å². The van der Waals surface area contributed by atoms with Gasteiger partial charge in [-0.3, -0.25) is 4.79 Å². The molecule has 0 fully saturated rings. The van der Waals surface area contributed by atoms with Gasteiger partial charge in [0.1, 0.15) is 23.0 Å². The summed E-state index contributed by atoms with van der Waals surface area (Å²) in [5, 5.41) is 8.86. The molecule has 5 nitrogen and oxygen atoms in total. The lowest BCUT2D eigenvalue weighted by molar-refractivity contribution is 0.0693. The van der Waals surface area contributed by atoms with Gasteiger partial charge in [-0.1, -0.05) is 0 Å². The minimum Gasteiger partial charge on any atom is -0.477 e. The van der Waals surface area contributed by atoms with Gasteiger partial charge in [0.25, 0.3) is 5.56 Å². The highest BCUT2D eigenvalue weighted by molar-refractivity contribution is 5.88. The van der Waals surface area contributed by atoms with E-state index in [1.807, 2.05) is 0 Å². The van der Waals surface area contributed by atoms with Crippen LogP contribution in [0.2, 0.25) is 0 Å². The molecule has 0 aliphatic carbocycles. The number of hydrogen-bond donors (Lipinski definition) is 2. The lowest BCUT2D eigenvalue weighted by Crippen LogP contribution is -2.21.